The molecule has 5 heteroatoms. The van der Waals surface area contributed by atoms with Crippen molar-refractivity contribution in [1.29, 1.82) is 0 Å². The van der Waals surface area contributed by atoms with E-state index in [-0.39, 0.29) is 11.9 Å². The summed E-state index contributed by atoms with van der Waals surface area (Å²) >= 11 is 0. The van der Waals surface area contributed by atoms with Crippen LogP contribution in [-0.2, 0) is 14.3 Å². The van der Waals surface area contributed by atoms with Crippen molar-refractivity contribution in [3.63, 3.8) is 0 Å². The Morgan fingerprint density at radius 3 is 2.65 bits per heavy atom. The number of nitrogens with one attached hydrogen (secondary N) is 2. The Morgan fingerprint density at radius 1 is 1.24 bits per heavy atom. The highest BCUT2D eigenvalue weighted by Gasteiger charge is 2.10. The molecule has 0 fully saturated rings. The lowest BCUT2D eigenvalue weighted by Gasteiger charge is -2.13. The summed E-state index contributed by atoms with van der Waals surface area (Å²) in [5.41, 5.74) is 0. The van der Waals surface area contributed by atoms with E-state index in [9.17, 15) is 4.79 Å². The SMILES string of the molecule is CCCCOCCNC(C)C(=O)NCCOC. The van der Waals surface area contributed by atoms with Crippen molar-refractivity contribution in [3.05, 3.63) is 0 Å². The molecule has 1 atom stereocenters. The molecule has 0 saturated carbocycles. The monoisotopic (exact) mass is 246 g/mol. The van der Waals surface area contributed by atoms with Gasteiger partial charge in [-0.25, -0.2) is 0 Å². The largest absolute Gasteiger partial charge is 0.383 e. The number of amides is 1. The lowest BCUT2D eigenvalue weighted by molar-refractivity contribution is -0.123. The first kappa shape index (κ1) is 16.4. The van der Waals surface area contributed by atoms with Gasteiger partial charge in [-0.05, 0) is 13.3 Å². The van der Waals surface area contributed by atoms with Crippen LogP contribution in [0, 0.1) is 0 Å². The van der Waals surface area contributed by atoms with Gasteiger partial charge in [-0.15, -0.1) is 0 Å². The molecule has 0 heterocycles. The van der Waals surface area contributed by atoms with Crippen LogP contribution in [0.2, 0.25) is 0 Å². The Kier molecular flexibility index (Phi) is 11.4. The van der Waals surface area contributed by atoms with Crippen molar-refractivity contribution < 1.29 is 14.3 Å². The van der Waals surface area contributed by atoms with Gasteiger partial charge >= 0.3 is 0 Å². The van der Waals surface area contributed by atoms with E-state index in [1.165, 1.54) is 0 Å². The number of hydrogen-bond acceptors (Lipinski definition) is 4. The molecule has 1 unspecified atom stereocenters. The second-order valence-corrected chi connectivity index (χ2v) is 3.93. The second-order valence-electron chi connectivity index (χ2n) is 3.93. The lowest BCUT2D eigenvalue weighted by atomic mass is 10.3. The number of methoxy groups -OCH3 is 1. The van der Waals surface area contributed by atoms with Gasteiger partial charge in [-0.2, -0.15) is 0 Å². The van der Waals surface area contributed by atoms with E-state index in [4.69, 9.17) is 9.47 Å². The Labute approximate surface area is 104 Å². The Morgan fingerprint density at radius 2 is 2.00 bits per heavy atom. The zero-order chi connectivity index (χ0) is 12.9. The molecule has 1 amide bonds. The third kappa shape index (κ3) is 10.2. The van der Waals surface area contributed by atoms with Crippen LogP contribution in [0.15, 0.2) is 0 Å². The summed E-state index contributed by atoms with van der Waals surface area (Å²) in [6, 6.07) is -0.193. The Hall–Kier alpha value is -0.650. The number of carbonyl (C=O) groups is 1. The summed E-state index contributed by atoms with van der Waals surface area (Å²) in [7, 11) is 1.61. The first-order valence-electron chi connectivity index (χ1n) is 6.30. The zero-order valence-electron chi connectivity index (χ0n) is 11.3. The van der Waals surface area contributed by atoms with Gasteiger partial charge in [-0.3, -0.25) is 4.79 Å². The van der Waals surface area contributed by atoms with Crippen LogP contribution < -0.4 is 10.6 Å². The number of rotatable bonds is 11. The van der Waals surface area contributed by atoms with Crippen LogP contribution in [0.3, 0.4) is 0 Å². The molecule has 5 nitrogen and oxygen atoms in total. The Balaban J connectivity index is 3.37. The molecule has 2 N–H and O–H groups in total. The molecule has 0 spiro atoms. The predicted molar refractivity (Wildman–Crippen MR) is 68.1 cm³/mol. The maximum atomic E-state index is 11.5. The number of unbranched alkanes of at least 4 members (excludes halogenated alkanes) is 1. The molecule has 0 rings (SSSR count). The van der Waals surface area contributed by atoms with Crippen LogP contribution >= 0.6 is 0 Å². The molecule has 0 aromatic heterocycles. The van der Waals surface area contributed by atoms with Crippen LogP contribution in [0.5, 0.6) is 0 Å². The van der Waals surface area contributed by atoms with E-state index in [1.54, 1.807) is 7.11 Å². The van der Waals surface area contributed by atoms with Crippen molar-refractivity contribution in [2.24, 2.45) is 0 Å². The Bertz CT molecular complexity index is 189. The number of ether oxygens (including phenoxy) is 2. The van der Waals surface area contributed by atoms with Crippen molar-refractivity contribution in [2.75, 3.05) is 40.0 Å². The molecular weight excluding hydrogens is 220 g/mol. The first-order valence-corrected chi connectivity index (χ1v) is 6.30. The average molecular weight is 246 g/mol. The van der Waals surface area contributed by atoms with E-state index in [0.717, 1.165) is 19.4 Å². The summed E-state index contributed by atoms with van der Waals surface area (Å²) in [5, 5.41) is 5.89. The maximum Gasteiger partial charge on any atom is 0.236 e. The van der Waals surface area contributed by atoms with Crippen molar-refractivity contribution in [2.45, 2.75) is 32.7 Å². The topological polar surface area (TPSA) is 59.6 Å². The smallest absolute Gasteiger partial charge is 0.236 e. The minimum Gasteiger partial charge on any atom is -0.383 e. The van der Waals surface area contributed by atoms with Gasteiger partial charge in [0.2, 0.25) is 5.91 Å². The summed E-state index contributed by atoms with van der Waals surface area (Å²) < 4.78 is 10.2. The highest BCUT2D eigenvalue weighted by molar-refractivity contribution is 5.81. The van der Waals surface area contributed by atoms with E-state index in [2.05, 4.69) is 17.6 Å². The normalized spacial score (nSPS) is 12.4. The van der Waals surface area contributed by atoms with E-state index in [1.807, 2.05) is 6.92 Å². The van der Waals surface area contributed by atoms with Gasteiger partial charge in [0, 0.05) is 26.8 Å². The third-order valence-corrected chi connectivity index (χ3v) is 2.34. The predicted octanol–water partition coefficient (Wildman–Crippen LogP) is 0.544. The second kappa shape index (κ2) is 11.8. The van der Waals surface area contributed by atoms with Crippen molar-refractivity contribution in [3.8, 4) is 0 Å². The number of hydrogen-bond donors (Lipinski definition) is 2. The molecule has 0 aromatic carbocycles. The first-order chi connectivity index (χ1) is 8.22. The van der Waals surface area contributed by atoms with Crippen molar-refractivity contribution >= 4 is 5.91 Å². The van der Waals surface area contributed by atoms with Crippen molar-refractivity contribution in [1.82, 2.24) is 10.6 Å². The summed E-state index contributed by atoms with van der Waals surface area (Å²) in [5.74, 6) is -0.00407. The van der Waals surface area contributed by atoms with Crippen LogP contribution in [0.25, 0.3) is 0 Å². The van der Waals surface area contributed by atoms with Gasteiger partial charge in [0.25, 0.3) is 0 Å². The molecule has 0 aromatic rings. The fourth-order valence-corrected chi connectivity index (χ4v) is 1.22. The fraction of sp³-hybridized carbons (Fsp3) is 0.917. The molecule has 0 aliphatic rings. The van der Waals surface area contributed by atoms with E-state index < -0.39 is 0 Å². The van der Waals surface area contributed by atoms with E-state index in [0.29, 0.717) is 26.3 Å². The molecule has 0 saturated heterocycles. The molecule has 102 valence electrons. The highest BCUT2D eigenvalue weighted by atomic mass is 16.5. The van der Waals surface area contributed by atoms with Gasteiger partial charge in [0.05, 0.1) is 19.3 Å². The van der Waals surface area contributed by atoms with Crippen LogP contribution in [0.4, 0.5) is 0 Å². The third-order valence-electron chi connectivity index (χ3n) is 2.34. The minimum absolute atomic E-state index is 0.00407. The van der Waals surface area contributed by atoms with Crippen LogP contribution in [0.1, 0.15) is 26.7 Å². The molecule has 0 aliphatic heterocycles. The molecule has 0 radical (unpaired) electrons. The van der Waals surface area contributed by atoms with Gasteiger partial charge in [0.15, 0.2) is 0 Å². The molecule has 0 aliphatic carbocycles. The number of carbonyl (C=O) groups excluding carboxylic acids is 1. The standard InChI is InChI=1S/C12H26N2O3/c1-4-5-8-17-10-7-13-11(2)12(15)14-6-9-16-3/h11,13H,4-10H2,1-3H3,(H,14,15). The quantitative estimate of drug-likeness (QED) is 0.523. The van der Waals surface area contributed by atoms with Gasteiger partial charge in [-0.1, -0.05) is 13.3 Å². The molecule has 17 heavy (non-hydrogen) atoms. The maximum absolute atomic E-state index is 11.5. The van der Waals surface area contributed by atoms with Gasteiger partial charge < -0.3 is 20.1 Å². The van der Waals surface area contributed by atoms with E-state index >= 15 is 0 Å². The average Bonchev–Trinajstić information content (AvgIpc) is 2.33. The zero-order valence-corrected chi connectivity index (χ0v) is 11.3. The molecule has 0 bridgehead atoms. The summed E-state index contributed by atoms with van der Waals surface area (Å²) in [4.78, 5) is 11.5. The fourth-order valence-electron chi connectivity index (χ4n) is 1.22. The summed E-state index contributed by atoms with van der Waals surface area (Å²) in [6.45, 7) is 7.21. The lowest BCUT2D eigenvalue weighted by Crippen LogP contribution is -2.44. The van der Waals surface area contributed by atoms with Gasteiger partial charge in [0.1, 0.15) is 0 Å². The highest BCUT2D eigenvalue weighted by Crippen LogP contribution is 1.87. The molecular formula is C12H26N2O3. The van der Waals surface area contributed by atoms with Crippen LogP contribution in [-0.4, -0.2) is 52.0 Å². The minimum atomic E-state index is -0.193. The summed E-state index contributed by atoms with van der Waals surface area (Å²) in [6.07, 6.45) is 2.23.